The van der Waals surface area contributed by atoms with Crippen molar-refractivity contribution in [1.82, 2.24) is 15.0 Å². The van der Waals surface area contributed by atoms with Crippen molar-refractivity contribution in [1.29, 1.82) is 0 Å². The smallest absolute Gasteiger partial charge is 0.354 e. The molecule has 0 saturated heterocycles. The van der Waals surface area contributed by atoms with E-state index in [1.165, 1.54) is 0 Å². The highest BCUT2D eigenvalue weighted by Gasteiger charge is 2.39. The van der Waals surface area contributed by atoms with E-state index in [2.05, 4.69) is 20.3 Å². The molecule has 0 bridgehead atoms. The fourth-order valence-corrected chi connectivity index (χ4v) is 1.88. The third-order valence-corrected chi connectivity index (χ3v) is 2.89. The number of aromatic nitrogens is 3. The van der Waals surface area contributed by atoms with Crippen molar-refractivity contribution in [2.75, 3.05) is 23.3 Å². The van der Waals surface area contributed by atoms with Crippen molar-refractivity contribution < 1.29 is 13.2 Å². The molecule has 5 nitrogen and oxygen atoms in total. The summed E-state index contributed by atoms with van der Waals surface area (Å²) < 4.78 is 37.9. The molecule has 20 heavy (non-hydrogen) atoms. The molecular weight excluding hydrogens is 295 g/mol. The van der Waals surface area contributed by atoms with E-state index in [-0.39, 0.29) is 23.2 Å². The minimum Gasteiger partial charge on any atom is -0.354 e. The van der Waals surface area contributed by atoms with Crippen molar-refractivity contribution in [3.63, 3.8) is 0 Å². The van der Waals surface area contributed by atoms with Crippen LogP contribution in [0.3, 0.4) is 0 Å². The van der Waals surface area contributed by atoms with Gasteiger partial charge in [0.25, 0.3) is 0 Å². The van der Waals surface area contributed by atoms with E-state index in [4.69, 9.17) is 11.6 Å². The van der Waals surface area contributed by atoms with Gasteiger partial charge in [0, 0.05) is 12.6 Å². The number of hydrogen-bond donors (Lipinski definition) is 1. The number of nitrogens with one attached hydrogen (secondary N) is 1. The van der Waals surface area contributed by atoms with Gasteiger partial charge in [-0.05, 0) is 30.9 Å². The topological polar surface area (TPSA) is 53.9 Å². The lowest BCUT2D eigenvalue weighted by Crippen LogP contribution is -2.37. The van der Waals surface area contributed by atoms with Crippen LogP contribution in [0.2, 0.25) is 5.28 Å². The number of rotatable bonds is 6. The van der Waals surface area contributed by atoms with Crippen molar-refractivity contribution in [3.05, 3.63) is 5.28 Å². The molecule has 0 amide bonds. The van der Waals surface area contributed by atoms with Crippen LogP contribution in [-0.4, -0.2) is 40.3 Å². The fraction of sp³-hybridized carbons (Fsp3) is 0.727. The molecule has 0 radical (unpaired) electrons. The Hall–Kier alpha value is -1.31. The quantitative estimate of drug-likeness (QED) is 0.875. The molecule has 1 aliphatic carbocycles. The van der Waals surface area contributed by atoms with Gasteiger partial charge in [-0.15, -0.1) is 0 Å². The second-order valence-corrected chi connectivity index (χ2v) is 4.97. The number of alkyl halides is 3. The average Bonchev–Trinajstić information content (AvgIpc) is 3.16. The van der Waals surface area contributed by atoms with Gasteiger partial charge in [-0.1, -0.05) is 6.92 Å². The van der Waals surface area contributed by atoms with Crippen molar-refractivity contribution in [2.45, 2.75) is 38.4 Å². The van der Waals surface area contributed by atoms with Crippen molar-refractivity contribution >= 4 is 23.5 Å². The van der Waals surface area contributed by atoms with E-state index in [9.17, 15) is 13.2 Å². The van der Waals surface area contributed by atoms with Gasteiger partial charge in [0.2, 0.25) is 17.2 Å². The standard InChI is InChI=1S/C11H15ClF3N5/c1-2-5-16-9-17-8(12)18-10(19-9)20(7-3-4-7)6-11(13,14)15/h7H,2-6H2,1H3,(H,16,17,18,19). The maximum Gasteiger partial charge on any atom is 0.406 e. The van der Waals surface area contributed by atoms with Crippen LogP contribution in [0.1, 0.15) is 26.2 Å². The molecule has 0 aliphatic heterocycles. The van der Waals surface area contributed by atoms with E-state index in [1.54, 1.807) is 0 Å². The normalized spacial score (nSPS) is 15.2. The van der Waals surface area contributed by atoms with Crippen LogP contribution in [0.15, 0.2) is 0 Å². The van der Waals surface area contributed by atoms with E-state index >= 15 is 0 Å². The lowest BCUT2D eigenvalue weighted by Gasteiger charge is -2.23. The van der Waals surface area contributed by atoms with Crippen LogP contribution >= 0.6 is 11.6 Å². The molecule has 0 spiro atoms. The first-order valence-corrected chi connectivity index (χ1v) is 6.75. The van der Waals surface area contributed by atoms with E-state index in [1.807, 2.05) is 6.92 Å². The minimum absolute atomic E-state index is 0.0246. The van der Waals surface area contributed by atoms with Crippen LogP contribution in [0.25, 0.3) is 0 Å². The molecule has 9 heteroatoms. The fourth-order valence-electron chi connectivity index (χ4n) is 1.73. The van der Waals surface area contributed by atoms with Gasteiger partial charge in [0.05, 0.1) is 0 Å². The Morgan fingerprint density at radius 2 is 2.00 bits per heavy atom. The van der Waals surface area contributed by atoms with Gasteiger partial charge in [0.1, 0.15) is 6.54 Å². The van der Waals surface area contributed by atoms with Crippen LogP contribution in [0.4, 0.5) is 25.1 Å². The first-order valence-electron chi connectivity index (χ1n) is 6.38. The van der Waals surface area contributed by atoms with Crippen molar-refractivity contribution in [3.8, 4) is 0 Å². The molecule has 1 N–H and O–H groups in total. The summed E-state index contributed by atoms with van der Waals surface area (Å²) in [5, 5.41) is 2.79. The highest BCUT2D eigenvalue weighted by Crippen LogP contribution is 2.33. The third-order valence-electron chi connectivity index (χ3n) is 2.72. The predicted molar refractivity (Wildman–Crippen MR) is 70.0 cm³/mol. The lowest BCUT2D eigenvalue weighted by molar-refractivity contribution is -0.120. The summed E-state index contributed by atoms with van der Waals surface area (Å²) in [5.74, 6) is 0.179. The molecular formula is C11H15ClF3N5. The van der Waals surface area contributed by atoms with Crippen LogP contribution in [0, 0.1) is 0 Å². The van der Waals surface area contributed by atoms with Crippen LogP contribution < -0.4 is 10.2 Å². The molecule has 1 aromatic rings. The zero-order valence-corrected chi connectivity index (χ0v) is 11.7. The molecule has 1 aromatic heterocycles. The molecule has 0 aromatic carbocycles. The molecule has 0 atom stereocenters. The molecule has 112 valence electrons. The number of anilines is 2. The second kappa shape index (κ2) is 5.99. The Balaban J connectivity index is 2.21. The number of halogens is 4. The highest BCUT2D eigenvalue weighted by molar-refractivity contribution is 6.28. The zero-order valence-electron chi connectivity index (χ0n) is 10.9. The van der Waals surface area contributed by atoms with E-state index < -0.39 is 12.7 Å². The molecule has 1 aliphatic rings. The Morgan fingerprint density at radius 1 is 1.30 bits per heavy atom. The average molecular weight is 310 g/mol. The van der Waals surface area contributed by atoms with E-state index in [0.29, 0.717) is 19.4 Å². The minimum atomic E-state index is -4.31. The van der Waals surface area contributed by atoms with Gasteiger partial charge in [0.15, 0.2) is 0 Å². The Morgan fingerprint density at radius 3 is 2.55 bits per heavy atom. The van der Waals surface area contributed by atoms with Gasteiger partial charge >= 0.3 is 6.18 Å². The Kier molecular flexibility index (Phi) is 4.52. The van der Waals surface area contributed by atoms with Gasteiger partial charge in [-0.25, -0.2) is 0 Å². The second-order valence-electron chi connectivity index (χ2n) is 4.63. The summed E-state index contributed by atoms with van der Waals surface area (Å²) in [6.45, 7) is 1.49. The molecule has 2 rings (SSSR count). The maximum absolute atomic E-state index is 12.6. The van der Waals surface area contributed by atoms with Gasteiger partial charge in [-0.2, -0.15) is 28.1 Å². The summed E-state index contributed by atoms with van der Waals surface area (Å²) in [7, 11) is 0. The maximum atomic E-state index is 12.6. The highest BCUT2D eigenvalue weighted by atomic mass is 35.5. The lowest BCUT2D eigenvalue weighted by atomic mass is 10.4. The summed E-state index contributed by atoms with van der Waals surface area (Å²) in [6.07, 6.45) is -2.06. The summed E-state index contributed by atoms with van der Waals surface area (Å²) in [5.41, 5.74) is 0. The van der Waals surface area contributed by atoms with Gasteiger partial charge < -0.3 is 10.2 Å². The first-order chi connectivity index (χ1) is 9.39. The SMILES string of the molecule is CCCNc1nc(Cl)nc(N(CC(F)(F)F)C2CC2)n1. The largest absolute Gasteiger partial charge is 0.406 e. The van der Waals surface area contributed by atoms with Crippen LogP contribution in [-0.2, 0) is 0 Å². The molecule has 0 unspecified atom stereocenters. The molecule has 1 saturated carbocycles. The summed E-state index contributed by atoms with van der Waals surface area (Å²) in [4.78, 5) is 12.8. The Labute approximate surface area is 119 Å². The van der Waals surface area contributed by atoms with E-state index in [0.717, 1.165) is 11.3 Å². The van der Waals surface area contributed by atoms with Gasteiger partial charge in [-0.3, -0.25) is 0 Å². The first kappa shape index (κ1) is 15.1. The Bertz CT molecular complexity index is 464. The third kappa shape index (κ3) is 4.36. The molecule has 1 heterocycles. The van der Waals surface area contributed by atoms with Crippen molar-refractivity contribution in [2.24, 2.45) is 0 Å². The number of hydrogen-bond acceptors (Lipinski definition) is 5. The monoisotopic (exact) mass is 309 g/mol. The summed E-state index contributed by atoms with van der Waals surface area (Å²) in [6, 6.07) is -0.172. The molecule has 1 fully saturated rings. The number of nitrogens with zero attached hydrogens (tertiary/aromatic N) is 4. The zero-order chi connectivity index (χ0) is 14.8. The predicted octanol–water partition coefficient (Wildman–Crippen LogP) is 2.88. The van der Waals surface area contributed by atoms with Crippen LogP contribution in [0.5, 0.6) is 0 Å². The summed E-state index contributed by atoms with van der Waals surface area (Å²) >= 11 is 5.76.